The van der Waals surface area contributed by atoms with Gasteiger partial charge in [-0.1, -0.05) is 18.2 Å². The smallest absolute Gasteiger partial charge is 0.258 e. The Hall–Kier alpha value is -2.01. The molecule has 0 spiro atoms. The van der Waals surface area contributed by atoms with Crippen LogP contribution in [0.5, 0.6) is 5.75 Å². The van der Waals surface area contributed by atoms with Gasteiger partial charge in [-0.2, -0.15) is 0 Å². The Labute approximate surface area is 113 Å². The molecule has 3 N–H and O–H groups in total. The molecule has 0 atom stereocenters. The normalized spacial score (nSPS) is 9.95. The first-order valence-electron chi connectivity index (χ1n) is 6.05. The number of nitrogens with one attached hydrogen (secondary N) is 1. The number of nitrogens with two attached hydrogens (primary N) is 1. The van der Waals surface area contributed by atoms with Gasteiger partial charge in [-0.25, -0.2) is 0 Å². The maximum Gasteiger partial charge on any atom is 0.258 e. The van der Waals surface area contributed by atoms with Gasteiger partial charge in [0.25, 0.3) is 5.91 Å². The minimum Gasteiger partial charge on any atom is -0.484 e. The molecule has 1 aromatic rings. The second-order valence-corrected chi connectivity index (χ2v) is 4.22. The van der Waals surface area contributed by atoms with Crippen molar-refractivity contribution in [2.45, 2.75) is 6.92 Å². The molecule has 1 aromatic carbocycles. The van der Waals surface area contributed by atoms with Crippen LogP contribution >= 0.6 is 0 Å². The number of rotatable bonds is 8. The van der Waals surface area contributed by atoms with Crippen molar-refractivity contribution in [3.63, 3.8) is 0 Å². The average Bonchev–Trinajstić information content (AvgIpc) is 2.35. The lowest BCUT2D eigenvalue weighted by molar-refractivity contribution is -0.123. The highest BCUT2D eigenvalue weighted by molar-refractivity contribution is 5.77. The highest BCUT2D eigenvalue weighted by atomic mass is 16.5. The minimum atomic E-state index is -0.193. The summed E-state index contributed by atoms with van der Waals surface area (Å²) in [4.78, 5) is 11.5. The standard InChI is InChI=1S/C14H20N2O3/c1-11(2)9-18-7-6-16-14(17)10-19-13-5-3-4-12(15)8-13/h3-5,8H,1,6-7,9-10,15H2,2H3,(H,16,17). The molecular formula is C14H20N2O3. The van der Waals surface area contributed by atoms with Crippen molar-refractivity contribution in [2.75, 3.05) is 32.1 Å². The van der Waals surface area contributed by atoms with Crippen LogP contribution in [0, 0.1) is 0 Å². The molecule has 0 aliphatic heterocycles. The van der Waals surface area contributed by atoms with E-state index in [-0.39, 0.29) is 12.5 Å². The Morgan fingerprint density at radius 1 is 1.42 bits per heavy atom. The van der Waals surface area contributed by atoms with E-state index in [4.69, 9.17) is 15.2 Å². The van der Waals surface area contributed by atoms with Crippen LogP contribution in [0.1, 0.15) is 6.92 Å². The van der Waals surface area contributed by atoms with Gasteiger partial charge in [0, 0.05) is 18.3 Å². The highest BCUT2D eigenvalue weighted by Crippen LogP contribution is 2.13. The molecule has 0 aliphatic carbocycles. The minimum absolute atomic E-state index is 0.0378. The van der Waals surface area contributed by atoms with E-state index < -0.39 is 0 Å². The summed E-state index contributed by atoms with van der Waals surface area (Å²) >= 11 is 0. The fraction of sp³-hybridized carbons (Fsp3) is 0.357. The lowest BCUT2D eigenvalue weighted by Crippen LogP contribution is -2.31. The number of hydrogen-bond donors (Lipinski definition) is 2. The zero-order chi connectivity index (χ0) is 14.1. The Bertz CT molecular complexity index is 432. The largest absolute Gasteiger partial charge is 0.484 e. The maximum atomic E-state index is 11.5. The molecule has 0 unspecified atom stereocenters. The molecule has 5 nitrogen and oxygen atoms in total. The molecule has 0 radical (unpaired) electrons. The Kier molecular flexibility index (Phi) is 6.46. The lowest BCUT2D eigenvalue weighted by atomic mass is 10.3. The number of carbonyl (C=O) groups excluding carboxylic acids is 1. The van der Waals surface area contributed by atoms with Crippen molar-refractivity contribution >= 4 is 11.6 Å². The second kappa shape index (κ2) is 8.16. The summed E-state index contributed by atoms with van der Waals surface area (Å²) in [6, 6.07) is 6.95. The molecule has 0 heterocycles. The summed E-state index contributed by atoms with van der Waals surface area (Å²) < 4.78 is 10.5. The van der Waals surface area contributed by atoms with Gasteiger partial charge in [0.05, 0.1) is 13.2 Å². The van der Waals surface area contributed by atoms with E-state index in [1.807, 2.05) is 6.92 Å². The summed E-state index contributed by atoms with van der Waals surface area (Å²) in [5, 5.41) is 2.69. The predicted molar refractivity (Wildman–Crippen MR) is 75.0 cm³/mol. The first kappa shape index (κ1) is 15.0. The molecule has 0 aromatic heterocycles. The zero-order valence-corrected chi connectivity index (χ0v) is 11.1. The number of hydrogen-bond acceptors (Lipinski definition) is 4. The number of carbonyl (C=O) groups is 1. The summed E-state index contributed by atoms with van der Waals surface area (Å²) in [6.45, 7) is 6.98. The molecule has 1 rings (SSSR count). The average molecular weight is 264 g/mol. The van der Waals surface area contributed by atoms with Crippen LogP contribution in [0.4, 0.5) is 5.69 Å². The van der Waals surface area contributed by atoms with Crippen molar-refractivity contribution < 1.29 is 14.3 Å². The van der Waals surface area contributed by atoms with Crippen LogP contribution in [0.3, 0.4) is 0 Å². The van der Waals surface area contributed by atoms with Crippen LogP contribution in [-0.4, -0.2) is 32.3 Å². The number of nitrogen functional groups attached to an aromatic ring is 1. The Morgan fingerprint density at radius 3 is 2.89 bits per heavy atom. The van der Waals surface area contributed by atoms with Gasteiger partial charge >= 0.3 is 0 Å². The third-order valence-corrected chi connectivity index (χ3v) is 2.15. The SMILES string of the molecule is C=C(C)COCCNC(=O)COc1cccc(N)c1. The topological polar surface area (TPSA) is 73.6 Å². The molecule has 19 heavy (non-hydrogen) atoms. The van der Waals surface area contributed by atoms with E-state index >= 15 is 0 Å². The molecule has 0 bridgehead atoms. The van der Waals surface area contributed by atoms with Crippen molar-refractivity contribution in [3.05, 3.63) is 36.4 Å². The highest BCUT2D eigenvalue weighted by Gasteiger charge is 2.02. The van der Waals surface area contributed by atoms with Gasteiger partial charge in [0.2, 0.25) is 0 Å². The van der Waals surface area contributed by atoms with Crippen LogP contribution in [-0.2, 0) is 9.53 Å². The van der Waals surface area contributed by atoms with Gasteiger partial charge in [-0.05, 0) is 19.1 Å². The van der Waals surface area contributed by atoms with Gasteiger partial charge < -0.3 is 20.5 Å². The third-order valence-electron chi connectivity index (χ3n) is 2.15. The van der Waals surface area contributed by atoms with Crippen LogP contribution < -0.4 is 15.8 Å². The van der Waals surface area contributed by atoms with Crippen LogP contribution in [0.25, 0.3) is 0 Å². The molecule has 1 amide bonds. The number of amides is 1. The monoisotopic (exact) mass is 264 g/mol. The summed E-state index contributed by atoms with van der Waals surface area (Å²) in [5.74, 6) is 0.384. The van der Waals surface area contributed by atoms with Gasteiger partial charge in [-0.3, -0.25) is 4.79 Å². The van der Waals surface area contributed by atoms with Crippen molar-refractivity contribution in [1.82, 2.24) is 5.32 Å². The fourth-order valence-corrected chi connectivity index (χ4v) is 1.31. The molecule has 0 saturated heterocycles. The predicted octanol–water partition coefficient (Wildman–Crippen LogP) is 1.36. The first-order valence-corrected chi connectivity index (χ1v) is 6.05. The molecule has 0 aliphatic rings. The quantitative estimate of drug-likeness (QED) is 0.422. The van der Waals surface area contributed by atoms with Crippen molar-refractivity contribution in [1.29, 1.82) is 0 Å². The Morgan fingerprint density at radius 2 is 2.21 bits per heavy atom. The second-order valence-electron chi connectivity index (χ2n) is 4.22. The number of anilines is 1. The third kappa shape index (κ3) is 7.10. The Balaban J connectivity index is 2.13. The van der Waals surface area contributed by atoms with Crippen LogP contribution in [0.2, 0.25) is 0 Å². The fourth-order valence-electron chi connectivity index (χ4n) is 1.31. The van der Waals surface area contributed by atoms with Crippen molar-refractivity contribution in [3.8, 4) is 5.75 Å². The maximum absolute atomic E-state index is 11.5. The van der Waals surface area contributed by atoms with E-state index in [9.17, 15) is 4.79 Å². The molecule has 0 saturated carbocycles. The number of benzene rings is 1. The van der Waals surface area contributed by atoms with Gasteiger partial charge in [0.1, 0.15) is 5.75 Å². The van der Waals surface area contributed by atoms with E-state index in [1.165, 1.54) is 0 Å². The molecular weight excluding hydrogens is 244 g/mol. The first-order chi connectivity index (χ1) is 9.08. The van der Waals surface area contributed by atoms with Gasteiger partial charge in [-0.15, -0.1) is 0 Å². The molecule has 5 heteroatoms. The summed E-state index contributed by atoms with van der Waals surface area (Å²) in [5.41, 5.74) is 7.16. The van der Waals surface area contributed by atoms with Crippen molar-refractivity contribution in [2.24, 2.45) is 0 Å². The van der Waals surface area contributed by atoms with E-state index in [2.05, 4.69) is 11.9 Å². The van der Waals surface area contributed by atoms with E-state index in [1.54, 1.807) is 24.3 Å². The van der Waals surface area contributed by atoms with E-state index in [0.29, 0.717) is 31.2 Å². The van der Waals surface area contributed by atoms with Crippen LogP contribution in [0.15, 0.2) is 36.4 Å². The number of ether oxygens (including phenoxy) is 2. The van der Waals surface area contributed by atoms with Gasteiger partial charge in [0.15, 0.2) is 6.61 Å². The summed E-state index contributed by atoms with van der Waals surface area (Å²) in [7, 11) is 0. The molecule has 0 fully saturated rings. The zero-order valence-electron chi connectivity index (χ0n) is 11.1. The lowest BCUT2D eigenvalue weighted by Gasteiger charge is -2.08. The molecule has 104 valence electrons. The van der Waals surface area contributed by atoms with E-state index in [0.717, 1.165) is 5.57 Å². The summed E-state index contributed by atoms with van der Waals surface area (Å²) in [6.07, 6.45) is 0.